The van der Waals surface area contributed by atoms with E-state index in [9.17, 15) is 9.59 Å². The highest BCUT2D eigenvalue weighted by molar-refractivity contribution is 6.33. The number of hydrogen-bond donors (Lipinski definition) is 3. The highest BCUT2D eigenvalue weighted by Crippen LogP contribution is 2.29. The second kappa shape index (κ2) is 6.62. The van der Waals surface area contributed by atoms with Crippen molar-refractivity contribution in [3.8, 4) is 11.4 Å². The van der Waals surface area contributed by atoms with Crippen molar-refractivity contribution in [2.45, 2.75) is 6.92 Å². The van der Waals surface area contributed by atoms with Gasteiger partial charge in [0.2, 0.25) is 0 Å². The molecule has 0 aliphatic carbocycles. The van der Waals surface area contributed by atoms with E-state index in [0.29, 0.717) is 42.6 Å². The molecule has 1 fully saturated rings. The molecule has 27 heavy (non-hydrogen) atoms. The summed E-state index contributed by atoms with van der Waals surface area (Å²) in [7, 11) is 0. The van der Waals surface area contributed by atoms with Crippen molar-refractivity contribution < 1.29 is 9.90 Å². The number of piperazine rings is 1. The van der Waals surface area contributed by atoms with Crippen LogP contribution >= 0.6 is 11.6 Å². The summed E-state index contributed by atoms with van der Waals surface area (Å²) >= 11 is 6.18. The maximum atomic E-state index is 12.1. The number of pyridine rings is 1. The summed E-state index contributed by atoms with van der Waals surface area (Å²) in [6.07, 6.45) is 0.612. The number of nitrogens with zero attached hydrogens (tertiary/aromatic N) is 3. The van der Waals surface area contributed by atoms with E-state index < -0.39 is 6.09 Å². The Labute approximate surface area is 159 Å². The van der Waals surface area contributed by atoms with E-state index in [4.69, 9.17) is 16.7 Å². The molecule has 0 saturated carbocycles. The van der Waals surface area contributed by atoms with E-state index in [-0.39, 0.29) is 5.56 Å². The van der Waals surface area contributed by atoms with Crippen molar-refractivity contribution in [2.75, 3.05) is 31.1 Å². The van der Waals surface area contributed by atoms with Gasteiger partial charge in [0, 0.05) is 38.1 Å². The molecule has 0 unspecified atom stereocenters. The molecular weight excluding hydrogens is 370 g/mol. The van der Waals surface area contributed by atoms with Crippen LogP contribution in [0.3, 0.4) is 0 Å². The molecule has 1 aliphatic rings. The number of benzene rings is 1. The molecule has 8 nitrogen and oxygen atoms in total. The SMILES string of the molecule is Cc1cc(N2CCN(C(=O)O)CC2)cc2[nH]c(-c3c(Cl)cc[nH]c3=O)nc12. The third kappa shape index (κ3) is 3.12. The van der Waals surface area contributed by atoms with Crippen LogP contribution in [0.15, 0.2) is 29.2 Å². The fraction of sp³-hybridized carbons (Fsp3) is 0.278. The second-order valence-electron chi connectivity index (χ2n) is 6.53. The van der Waals surface area contributed by atoms with Crippen LogP contribution in [0.1, 0.15) is 5.56 Å². The number of carbonyl (C=O) groups is 1. The van der Waals surface area contributed by atoms with Crippen LogP contribution in [0.4, 0.5) is 10.5 Å². The summed E-state index contributed by atoms with van der Waals surface area (Å²) in [6.45, 7) is 4.15. The van der Waals surface area contributed by atoms with Crippen molar-refractivity contribution in [3.63, 3.8) is 0 Å². The minimum absolute atomic E-state index is 0.302. The first-order valence-electron chi connectivity index (χ1n) is 8.55. The van der Waals surface area contributed by atoms with Crippen LogP contribution < -0.4 is 10.5 Å². The lowest BCUT2D eigenvalue weighted by Gasteiger charge is -2.34. The van der Waals surface area contributed by atoms with Crippen LogP contribution in [-0.2, 0) is 0 Å². The molecule has 4 rings (SSSR count). The summed E-state index contributed by atoms with van der Waals surface area (Å²) in [4.78, 5) is 37.1. The topological polar surface area (TPSA) is 105 Å². The highest BCUT2D eigenvalue weighted by atomic mass is 35.5. The predicted molar refractivity (Wildman–Crippen MR) is 104 cm³/mol. The molecule has 9 heteroatoms. The number of hydrogen-bond acceptors (Lipinski definition) is 4. The molecular formula is C18H18ClN5O3. The van der Waals surface area contributed by atoms with Crippen LogP contribution in [-0.4, -0.2) is 57.2 Å². The van der Waals surface area contributed by atoms with Gasteiger partial charge < -0.3 is 24.9 Å². The van der Waals surface area contributed by atoms with E-state index in [1.54, 1.807) is 6.07 Å². The molecule has 3 N–H and O–H groups in total. The first-order chi connectivity index (χ1) is 12.9. The smallest absolute Gasteiger partial charge is 0.407 e. The summed E-state index contributed by atoms with van der Waals surface area (Å²) < 4.78 is 0. The van der Waals surface area contributed by atoms with Gasteiger partial charge in [0.05, 0.1) is 16.1 Å². The number of H-pyrrole nitrogens is 2. The molecule has 1 aliphatic heterocycles. The van der Waals surface area contributed by atoms with Gasteiger partial charge >= 0.3 is 6.09 Å². The fourth-order valence-corrected chi connectivity index (χ4v) is 3.64. The van der Waals surface area contributed by atoms with Gasteiger partial charge in [-0.05, 0) is 30.7 Å². The Bertz CT molecular complexity index is 1080. The van der Waals surface area contributed by atoms with Gasteiger partial charge in [-0.15, -0.1) is 0 Å². The Morgan fingerprint density at radius 2 is 2.00 bits per heavy atom. The lowest BCUT2D eigenvalue weighted by atomic mass is 10.1. The van der Waals surface area contributed by atoms with E-state index in [1.165, 1.54) is 11.1 Å². The Balaban J connectivity index is 1.71. The number of rotatable bonds is 2. The van der Waals surface area contributed by atoms with Crippen LogP contribution in [0, 0.1) is 6.92 Å². The number of amides is 1. The van der Waals surface area contributed by atoms with Crippen molar-refractivity contribution in [2.24, 2.45) is 0 Å². The molecule has 1 saturated heterocycles. The molecule has 3 aromatic rings. The van der Waals surface area contributed by atoms with Crippen molar-refractivity contribution >= 4 is 34.4 Å². The number of nitrogens with one attached hydrogen (secondary N) is 2. The number of fused-ring (bicyclic) bond motifs is 1. The quantitative estimate of drug-likeness (QED) is 0.627. The maximum absolute atomic E-state index is 12.1. The van der Waals surface area contributed by atoms with E-state index in [1.807, 2.05) is 19.1 Å². The first kappa shape index (κ1) is 17.4. The predicted octanol–water partition coefficient (Wildman–Crippen LogP) is 2.68. The second-order valence-corrected chi connectivity index (χ2v) is 6.94. The maximum Gasteiger partial charge on any atom is 0.407 e. The zero-order valence-corrected chi connectivity index (χ0v) is 15.4. The third-order valence-corrected chi connectivity index (χ3v) is 5.14. The van der Waals surface area contributed by atoms with Crippen LogP contribution in [0.5, 0.6) is 0 Å². The third-order valence-electron chi connectivity index (χ3n) is 4.82. The van der Waals surface area contributed by atoms with Crippen molar-refractivity contribution in [1.29, 1.82) is 0 Å². The van der Waals surface area contributed by atoms with E-state index in [2.05, 4.69) is 19.9 Å². The summed E-state index contributed by atoms with van der Waals surface area (Å²) in [5.74, 6) is 0.424. The summed E-state index contributed by atoms with van der Waals surface area (Å²) in [5, 5.41) is 9.43. The molecule has 140 valence electrons. The number of imidazole rings is 1. The minimum Gasteiger partial charge on any atom is -0.465 e. The fourth-order valence-electron chi connectivity index (χ4n) is 3.40. The molecule has 1 amide bonds. The first-order valence-corrected chi connectivity index (χ1v) is 8.92. The molecule has 1 aromatic carbocycles. The monoisotopic (exact) mass is 387 g/mol. The average molecular weight is 388 g/mol. The number of aryl methyl sites for hydroxylation is 1. The van der Waals surface area contributed by atoms with Crippen molar-refractivity contribution in [3.05, 3.63) is 45.3 Å². The molecule has 0 atom stereocenters. The summed E-state index contributed by atoms with van der Waals surface area (Å²) in [5.41, 5.74) is 3.55. The number of aromatic amines is 2. The molecule has 0 radical (unpaired) electrons. The van der Waals surface area contributed by atoms with Gasteiger partial charge in [0.15, 0.2) is 0 Å². The Morgan fingerprint density at radius 3 is 2.67 bits per heavy atom. The largest absolute Gasteiger partial charge is 0.465 e. The zero-order valence-electron chi connectivity index (χ0n) is 14.6. The number of anilines is 1. The lowest BCUT2D eigenvalue weighted by molar-refractivity contribution is 0.142. The Morgan fingerprint density at radius 1 is 1.26 bits per heavy atom. The highest BCUT2D eigenvalue weighted by Gasteiger charge is 2.22. The zero-order chi connectivity index (χ0) is 19.1. The van der Waals surface area contributed by atoms with E-state index in [0.717, 1.165) is 22.3 Å². The number of halogens is 1. The normalized spacial score (nSPS) is 14.7. The molecule has 2 aromatic heterocycles. The summed E-state index contributed by atoms with van der Waals surface area (Å²) in [6, 6.07) is 5.62. The molecule has 0 spiro atoms. The Hall–Kier alpha value is -3.00. The van der Waals surface area contributed by atoms with Crippen LogP contribution in [0.25, 0.3) is 22.4 Å². The van der Waals surface area contributed by atoms with Gasteiger partial charge in [0.1, 0.15) is 11.4 Å². The minimum atomic E-state index is -0.885. The van der Waals surface area contributed by atoms with Gasteiger partial charge in [-0.3, -0.25) is 4.79 Å². The standard InChI is InChI=1S/C18H18ClN5O3/c1-10-8-11(23-4-6-24(7-5-23)18(26)27)9-13-15(10)22-16(21-13)14-12(19)2-3-20-17(14)25/h2-3,8-9H,4-7H2,1H3,(H,20,25)(H,21,22)(H,26,27). The average Bonchev–Trinajstić information content (AvgIpc) is 3.06. The van der Waals surface area contributed by atoms with Crippen LogP contribution in [0.2, 0.25) is 5.02 Å². The molecule has 0 bridgehead atoms. The van der Waals surface area contributed by atoms with Gasteiger partial charge in [-0.25, -0.2) is 9.78 Å². The van der Waals surface area contributed by atoms with Gasteiger partial charge in [-0.2, -0.15) is 0 Å². The van der Waals surface area contributed by atoms with E-state index >= 15 is 0 Å². The number of aromatic nitrogens is 3. The van der Waals surface area contributed by atoms with Gasteiger partial charge in [-0.1, -0.05) is 11.6 Å². The lowest BCUT2D eigenvalue weighted by Crippen LogP contribution is -2.48. The Kier molecular flexibility index (Phi) is 4.27. The molecule has 3 heterocycles. The van der Waals surface area contributed by atoms with Crippen molar-refractivity contribution in [1.82, 2.24) is 19.9 Å². The number of carboxylic acid groups (broad SMARTS) is 1. The van der Waals surface area contributed by atoms with Gasteiger partial charge in [0.25, 0.3) is 5.56 Å².